The highest BCUT2D eigenvalue weighted by Crippen LogP contribution is 2.34. The number of carbonyl (C=O) groups excluding carboxylic acids is 1. The Morgan fingerprint density at radius 2 is 2.13 bits per heavy atom. The van der Waals surface area contributed by atoms with E-state index in [1.54, 1.807) is 10.9 Å². The van der Waals surface area contributed by atoms with Gasteiger partial charge in [0.1, 0.15) is 0 Å². The Kier molecular flexibility index (Phi) is 4.46. The van der Waals surface area contributed by atoms with Gasteiger partial charge in [0.2, 0.25) is 15.9 Å². The molecule has 8 heteroatoms. The molecule has 0 aromatic carbocycles. The summed E-state index contributed by atoms with van der Waals surface area (Å²) >= 11 is 0. The molecule has 1 aromatic rings. The number of likely N-dealkylation sites (tertiary alicyclic amines) is 1. The lowest BCUT2D eigenvalue weighted by atomic mass is 10.0. The third-order valence-electron chi connectivity index (χ3n) is 4.60. The largest absolute Gasteiger partial charge is 0.338 e. The third-order valence-corrected chi connectivity index (χ3v) is 5.33. The van der Waals surface area contributed by atoms with Crippen LogP contribution in [0.15, 0.2) is 12.4 Å². The average Bonchev–Trinajstić information content (AvgIpc) is 3.03. The molecule has 0 radical (unpaired) electrons. The number of rotatable bonds is 6. The van der Waals surface area contributed by atoms with Crippen molar-refractivity contribution in [2.24, 2.45) is 13.0 Å². The van der Waals surface area contributed by atoms with Crippen LogP contribution in [0.2, 0.25) is 0 Å². The van der Waals surface area contributed by atoms with Gasteiger partial charge in [0, 0.05) is 32.3 Å². The van der Waals surface area contributed by atoms with E-state index in [2.05, 4.69) is 9.82 Å². The minimum atomic E-state index is -3.30. The van der Waals surface area contributed by atoms with E-state index >= 15 is 0 Å². The summed E-state index contributed by atoms with van der Waals surface area (Å²) in [5, 5.41) is 4.16. The van der Waals surface area contributed by atoms with E-state index in [0.717, 1.165) is 18.4 Å². The molecule has 1 amide bonds. The zero-order valence-electron chi connectivity index (χ0n) is 13.6. The van der Waals surface area contributed by atoms with Crippen LogP contribution in [0.1, 0.15) is 31.2 Å². The SMILES string of the molecule is Cn1cc(C[C@H]2C(NS(C)(=O)=O)CCN2C(=O)CC2CC2)cn1. The smallest absolute Gasteiger partial charge is 0.223 e. The lowest BCUT2D eigenvalue weighted by molar-refractivity contribution is -0.132. The second kappa shape index (κ2) is 6.24. The van der Waals surface area contributed by atoms with E-state index in [9.17, 15) is 13.2 Å². The predicted octanol–water partition coefficient (Wildman–Crippen LogP) is 0.281. The van der Waals surface area contributed by atoms with Crippen LogP contribution in [0.4, 0.5) is 0 Å². The standard InChI is InChI=1S/C15H24N4O3S/c1-18-10-12(9-16-18)7-14-13(17-23(2,21)22)5-6-19(14)15(20)8-11-3-4-11/h9-11,13-14,17H,3-8H2,1-2H3/t13?,14-/m0/s1. The maximum atomic E-state index is 12.5. The Bertz CT molecular complexity index is 681. The predicted molar refractivity (Wildman–Crippen MR) is 86.1 cm³/mol. The molecule has 1 aromatic heterocycles. The Morgan fingerprint density at radius 3 is 2.70 bits per heavy atom. The van der Waals surface area contributed by atoms with Gasteiger partial charge >= 0.3 is 0 Å². The van der Waals surface area contributed by atoms with Gasteiger partial charge in [-0.05, 0) is 37.2 Å². The molecule has 2 atom stereocenters. The van der Waals surface area contributed by atoms with Crippen LogP contribution in [0.5, 0.6) is 0 Å². The van der Waals surface area contributed by atoms with Gasteiger partial charge in [-0.1, -0.05) is 0 Å². The molecule has 3 rings (SSSR count). The molecule has 1 saturated heterocycles. The van der Waals surface area contributed by atoms with Gasteiger partial charge < -0.3 is 4.90 Å². The molecule has 1 N–H and O–H groups in total. The van der Waals surface area contributed by atoms with Gasteiger partial charge in [0.05, 0.1) is 18.5 Å². The number of nitrogens with zero attached hydrogens (tertiary/aromatic N) is 3. The molecule has 1 unspecified atom stereocenters. The molecule has 1 aliphatic carbocycles. The third kappa shape index (κ3) is 4.32. The summed E-state index contributed by atoms with van der Waals surface area (Å²) < 4.78 is 27.7. The van der Waals surface area contributed by atoms with Gasteiger partial charge in [0.15, 0.2) is 0 Å². The van der Waals surface area contributed by atoms with Crippen LogP contribution in [0, 0.1) is 5.92 Å². The molecule has 2 aliphatic rings. The summed E-state index contributed by atoms with van der Waals surface area (Å²) in [6, 6.07) is -0.367. The lowest BCUT2D eigenvalue weighted by Crippen LogP contribution is -2.47. The number of aromatic nitrogens is 2. The van der Waals surface area contributed by atoms with Gasteiger partial charge in [-0.15, -0.1) is 0 Å². The monoisotopic (exact) mass is 340 g/mol. The van der Waals surface area contributed by atoms with E-state index in [4.69, 9.17) is 0 Å². The van der Waals surface area contributed by atoms with E-state index < -0.39 is 10.0 Å². The van der Waals surface area contributed by atoms with Crippen LogP contribution in [0.3, 0.4) is 0 Å². The first kappa shape index (κ1) is 16.4. The summed E-state index contributed by atoms with van der Waals surface area (Å²) in [5.41, 5.74) is 1.02. The number of aryl methyl sites for hydroxylation is 1. The Hall–Kier alpha value is -1.41. The fourth-order valence-electron chi connectivity index (χ4n) is 3.33. The lowest BCUT2D eigenvalue weighted by Gasteiger charge is -2.28. The van der Waals surface area contributed by atoms with Crippen LogP contribution < -0.4 is 4.72 Å². The Labute approximate surface area is 137 Å². The summed E-state index contributed by atoms with van der Waals surface area (Å²) in [5.74, 6) is 0.683. The summed E-state index contributed by atoms with van der Waals surface area (Å²) in [7, 11) is -1.45. The maximum Gasteiger partial charge on any atom is 0.223 e. The normalized spacial score (nSPS) is 25.0. The molecule has 2 fully saturated rings. The molecule has 1 aliphatic heterocycles. The zero-order valence-corrected chi connectivity index (χ0v) is 14.4. The van der Waals surface area contributed by atoms with Crippen molar-refractivity contribution in [1.82, 2.24) is 19.4 Å². The number of sulfonamides is 1. The van der Waals surface area contributed by atoms with Gasteiger partial charge in [-0.25, -0.2) is 13.1 Å². The number of carbonyl (C=O) groups is 1. The molecular formula is C15H24N4O3S. The Morgan fingerprint density at radius 1 is 1.39 bits per heavy atom. The molecule has 23 heavy (non-hydrogen) atoms. The Balaban J connectivity index is 1.75. The highest BCUT2D eigenvalue weighted by molar-refractivity contribution is 7.88. The number of hydrogen-bond acceptors (Lipinski definition) is 4. The second-order valence-electron chi connectivity index (χ2n) is 6.81. The first-order valence-electron chi connectivity index (χ1n) is 8.06. The van der Waals surface area contributed by atoms with E-state index in [-0.39, 0.29) is 18.0 Å². The highest BCUT2D eigenvalue weighted by Gasteiger charge is 2.39. The van der Waals surface area contributed by atoms with E-state index in [1.807, 2.05) is 18.1 Å². The van der Waals surface area contributed by atoms with E-state index in [0.29, 0.717) is 31.7 Å². The average molecular weight is 340 g/mol. The number of amides is 1. The first-order chi connectivity index (χ1) is 10.8. The van der Waals surface area contributed by atoms with Crippen molar-refractivity contribution in [3.8, 4) is 0 Å². The fourth-order valence-corrected chi connectivity index (χ4v) is 4.16. The van der Waals surface area contributed by atoms with Gasteiger partial charge in [0.25, 0.3) is 0 Å². The molecule has 1 saturated carbocycles. The minimum absolute atomic E-state index is 0.139. The molecule has 0 spiro atoms. The topological polar surface area (TPSA) is 84.3 Å². The van der Waals surface area contributed by atoms with Crippen molar-refractivity contribution < 1.29 is 13.2 Å². The zero-order chi connectivity index (χ0) is 16.6. The van der Waals surface area contributed by atoms with Crippen LogP contribution in [0.25, 0.3) is 0 Å². The van der Waals surface area contributed by atoms with Crippen molar-refractivity contribution in [1.29, 1.82) is 0 Å². The molecule has 128 valence electrons. The number of hydrogen-bond donors (Lipinski definition) is 1. The van der Waals surface area contributed by atoms with E-state index in [1.165, 1.54) is 6.26 Å². The number of nitrogens with one attached hydrogen (secondary N) is 1. The fraction of sp³-hybridized carbons (Fsp3) is 0.733. The van der Waals surface area contributed by atoms with Crippen molar-refractivity contribution in [3.63, 3.8) is 0 Å². The maximum absolute atomic E-state index is 12.5. The molecular weight excluding hydrogens is 316 g/mol. The van der Waals surface area contributed by atoms with Crippen molar-refractivity contribution in [2.45, 2.75) is 44.2 Å². The van der Waals surface area contributed by atoms with Crippen molar-refractivity contribution in [3.05, 3.63) is 18.0 Å². The van der Waals surface area contributed by atoms with Crippen LogP contribution in [-0.2, 0) is 28.3 Å². The summed E-state index contributed by atoms with van der Waals surface area (Å²) in [6.45, 7) is 0.615. The van der Waals surface area contributed by atoms with Gasteiger partial charge in [-0.3, -0.25) is 9.48 Å². The second-order valence-corrected chi connectivity index (χ2v) is 8.59. The quantitative estimate of drug-likeness (QED) is 0.806. The van der Waals surface area contributed by atoms with Crippen molar-refractivity contribution in [2.75, 3.05) is 12.8 Å². The van der Waals surface area contributed by atoms with Crippen LogP contribution in [-0.4, -0.2) is 53.9 Å². The highest BCUT2D eigenvalue weighted by atomic mass is 32.2. The molecule has 0 bridgehead atoms. The summed E-state index contributed by atoms with van der Waals surface area (Å²) in [4.78, 5) is 14.4. The summed E-state index contributed by atoms with van der Waals surface area (Å²) in [6.07, 6.45) is 9.01. The van der Waals surface area contributed by atoms with Gasteiger partial charge in [-0.2, -0.15) is 5.10 Å². The van der Waals surface area contributed by atoms with Crippen LogP contribution >= 0.6 is 0 Å². The minimum Gasteiger partial charge on any atom is -0.338 e. The molecule has 7 nitrogen and oxygen atoms in total. The molecule has 2 heterocycles. The first-order valence-corrected chi connectivity index (χ1v) is 9.95. The van der Waals surface area contributed by atoms with Crippen molar-refractivity contribution >= 4 is 15.9 Å².